The first-order valence-corrected chi connectivity index (χ1v) is 8.91. The molecule has 3 heterocycles. The van der Waals surface area contributed by atoms with E-state index in [1.807, 2.05) is 22.4 Å². The summed E-state index contributed by atoms with van der Waals surface area (Å²) in [5, 5.41) is 12.0. The Kier molecular flexibility index (Phi) is 5.35. The smallest absolute Gasteiger partial charge is 0.228 e. The zero-order chi connectivity index (χ0) is 16.1. The lowest BCUT2D eigenvalue weighted by molar-refractivity contribution is -0.134. The Morgan fingerprint density at radius 2 is 2.35 bits per heavy atom. The van der Waals surface area contributed by atoms with Gasteiger partial charge >= 0.3 is 0 Å². The van der Waals surface area contributed by atoms with Gasteiger partial charge in [-0.25, -0.2) is 4.98 Å². The van der Waals surface area contributed by atoms with Crippen molar-refractivity contribution in [3.05, 3.63) is 35.6 Å². The molecule has 3 rings (SSSR count). The summed E-state index contributed by atoms with van der Waals surface area (Å²) in [4.78, 5) is 23.2. The quantitative estimate of drug-likeness (QED) is 0.914. The molecule has 2 aromatic rings. The van der Waals surface area contributed by atoms with Crippen LogP contribution in [-0.2, 0) is 11.2 Å². The highest BCUT2D eigenvalue weighted by molar-refractivity contribution is 7.13. The molecule has 23 heavy (non-hydrogen) atoms. The molecule has 0 aromatic carbocycles. The fourth-order valence-corrected chi connectivity index (χ4v) is 3.86. The summed E-state index contributed by atoms with van der Waals surface area (Å²) in [6.07, 6.45) is 7.69. The zero-order valence-corrected chi connectivity index (χ0v) is 13.8. The standard InChI is InChI=1S/C17H21N3O2S/c21-9-6-15-5-1-2-8-20(15)16(22)10-14-12-23-17(19-14)13-4-3-7-18-11-13/h3-4,7,11-12,15,21H,1-2,5-6,8-10H2. The lowest BCUT2D eigenvalue weighted by Gasteiger charge is -2.35. The Hall–Kier alpha value is -1.79. The SMILES string of the molecule is O=C(Cc1csc(-c2cccnc2)n1)N1CCCCC1CCO. The van der Waals surface area contributed by atoms with Crippen LogP contribution >= 0.6 is 11.3 Å². The number of piperidine rings is 1. The van der Waals surface area contributed by atoms with Crippen LogP contribution in [0.5, 0.6) is 0 Å². The third kappa shape index (κ3) is 3.95. The van der Waals surface area contributed by atoms with Crippen molar-refractivity contribution in [1.82, 2.24) is 14.9 Å². The van der Waals surface area contributed by atoms with Crippen molar-refractivity contribution in [2.75, 3.05) is 13.2 Å². The predicted octanol–water partition coefficient (Wildman–Crippen LogP) is 2.51. The van der Waals surface area contributed by atoms with Crippen LogP contribution in [0.25, 0.3) is 10.6 Å². The van der Waals surface area contributed by atoms with Crippen LogP contribution in [0.1, 0.15) is 31.4 Å². The highest BCUT2D eigenvalue weighted by atomic mass is 32.1. The molecule has 1 atom stereocenters. The van der Waals surface area contributed by atoms with E-state index in [4.69, 9.17) is 0 Å². The number of hydrogen-bond acceptors (Lipinski definition) is 5. The number of aromatic nitrogens is 2. The average Bonchev–Trinajstić information content (AvgIpc) is 3.05. The van der Waals surface area contributed by atoms with Crippen molar-refractivity contribution >= 4 is 17.2 Å². The van der Waals surface area contributed by atoms with Gasteiger partial charge in [0.2, 0.25) is 5.91 Å². The molecule has 122 valence electrons. The second kappa shape index (κ2) is 7.66. The van der Waals surface area contributed by atoms with Gasteiger partial charge in [0.05, 0.1) is 12.1 Å². The number of aliphatic hydroxyl groups excluding tert-OH is 1. The third-order valence-electron chi connectivity index (χ3n) is 4.20. The summed E-state index contributed by atoms with van der Waals surface area (Å²) in [5.74, 6) is 0.117. The predicted molar refractivity (Wildman–Crippen MR) is 90.1 cm³/mol. The molecular formula is C17H21N3O2S. The maximum Gasteiger partial charge on any atom is 0.228 e. The first kappa shape index (κ1) is 16.1. The number of nitrogens with zero attached hydrogens (tertiary/aromatic N) is 3. The second-order valence-corrected chi connectivity index (χ2v) is 6.67. The second-order valence-electron chi connectivity index (χ2n) is 5.81. The molecule has 1 fully saturated rings. The molecule has 1 N–H and O–H groups in total. The summed E-state index contributed by atoms with van der Waals surface area (Å²) in [7, 11) is 0. The number of likely N-dealkylation sites (tertiary alicyclic amines) is 1. The maximum absolute atomic E-state index is 12.6. The molecule has 6 heteroatoms. The summed E-state index contributed by atoms with van der Waals surface area (Å²) in [6, 6.07) is 4.03. The van der Waals surface area contributed by atoms with E-state index in [1.54, 1.807) is 23.7 Å². The van der Waals surface area contributed by atoms with Gasteiger partial charge in [0.25, 0.3) is 0 Å². The van der Waals surface area contributed by atoms with Gasteiger partial charge in [0.1, 0.15) is 5.01 Å². The van der Waals surface area contributed by atoms with Crippen LogP contribution in [0.15, 0.2) is 29.9 Å². The minimum absolute atomic E-state index is 0.117. The molecule has 1 saturated heterocycles. The van der Waals surface area contributed by atoms with Crippen molar-refractivity contribution in [2.45, 2.75) is 38.1 Å². The van der Waals surface area contributed by atoms with Gasteiger partial charge in [-0.05, 0) is 37.8 Å². The van der Waals surface area contributed by atoms with Crippen molar-refractivity contribution in [2.24, 2.45) is 0 Å². The molecule has 1 aliphatic rings. The lowest BCUT2D eigenvalue weighted by Crippen LogP contribution is -2.44. The van der Waals surface area contributed by atoms with E-state index in [-0.39, 0.29) is 18.6 Å². The number of amides is 1. The van der Waals surface area contributed by atoms with Crippen LogP contribution < -0.4 is 0 Å². The lowest BCUT2D eigenvalue weighted by atomic mass is 9.99. The first-order chi connectivity index (χ1) is 11.3. The Labute approximate surface area is 140 Å². The number of rotatable bonds is 5. The van der Waals surface area contributed by atoms with Crippen molar-refractivity contribution in [3.8, 4) is 10.6 Å². The molecule has 0 saturated carbocycles. The van der Waals surface area contributed by atoms with Gasteiger partial charge in [0.15, 0.2) is 0 Å². The molecule has 2 aromatic heterocycles. The number of carbonyl (C=O) groups is 1. The van der Waals surface area contributed by atoms with Crippen LogP contribution in [0.4, 0.5) is 0 Å². The Bertz CT molecular complexity index is 642. The van der Waals surface area contributed by atoms with Crippen LogP contribution in [0.2, 0.25) is 0 Å². The molecule has 0 aliphatic carbocycles. The Morgan fingerprint density at radius 3 is 3.13 bits per heavy atom. The molecular weight excluding hydrogens is 310 g/mol. The molecule has 0 radical (unpaired) electrons. The van der Waals surface area contributed by atoms with Crippen LogP contribution in [-0.4, -0.2) is 45.1 Å². The fraction of sp³-hybridized carbons (Fsp3) is 0.471. The molecule has 1 amide bonds. The van der Waals surface area contributed by atoms with E-state index in [0.717, 1.165) is 42.1 Å². The summed E-state index contributed by atoms with van der Waals surface area (Å²) in [5.41, 5.74) is 1.79. The highest BCUT2D eigenvalue weighted by Crippen LogP contribution is 2.24. The number of aliphatic hydroxyl groups is 1. The maximum atomic E-state index is 12.6. The minimum Gasteiger partial charge on any atom is -0.396 e. The molecule has 0 spiro atoms. The first-order valence-electron chi connectivity index (χ1n) is 8.03. The number of thiazole rings is 1. The monoisotopic (exact) mass is 331 g/mol. The van der Waals surface area contributed by atoms with E-state index in [0.29, 0.717) is 12.8 Å². The van der Waals surface area contributed by atoms with Crippen molar-refractivity contribution in [1.29, 1.82) is 0 Å². The van der Waals surface area contributed by atoms with Gasteiger partial charge in [-0.1, -0.05) is 0 Å². The normalized spacial score (nSPS) is 18.1. The largest absolute Gasteiger partial charge is 0.396 e. The zero-order valence-electron chi connectivity index (χ0n) is 13.0. The summed E-state index contributed by atoms with van der Waals surface area (Å²) in [6.45, 7) is 0.930. The van der Waals surface area contributed by atoms with Crippen LogP contribution in [0, 0.1) is 0 Å². The topological polar surface area (TPSA) is 66.3 Å². The van der Waals surface area contributed by atoms with Gasteiger partial charge in [-0.2, -0.15) is 0 Å². The van der Waals surface area contributed by atoms with Crippen molar-refractivity contribution < 1.29 is 9.90 Å². The molecule has 1 unspecified atom stereocenters. The van der Waals surface area contributed by atoms with Gasteiger partial charge in [0, 0.05) is 42.5 Å². The van der Waals surface area contributed by atoms with Gasteiger partial charge in [-0.15, -0.1) is 11.3 Å². The Morgan fingerprint density at radius 1 is 1.43 bits per heavy atom. The van der Waals surface area contributed by atoms with E-state index in [2.05, 4.69) is 9.97 Å². The number of hydrogen-bond donors (Lipinski definition) is 1. The Balaban J connectivity index is 1.67. The van der Waals surface area contributed by atoms with Crippen LogP contribution in [0.3, 0.4) is 0 Å². The van der Waals surface area contributed by atoms with Crippen molar-refractivity contribution in [3.63, 3.8) is 0 Å². The van der Waals surface area contributed by atoms with E-state index >= 15 is 0 Å². The van der Waals surface area contributed by atoms with E-state index < -0.39 is 0 Å². The third-order valence-corrected chi connectivity index (χ3v) is 5.14. The molecule has 0 bridgehead atoms. The minimum atomic E-state index is 0.117. The van der Waals surface area contributed by atoms with E-state index in [9.17, 15) is 9.90 Å². The summed E-state index contributed by atoms with van der Waals surface area (Å²) < 4.78 is 0. The van der Waals surface area contributed by atoms with Gasteiger partial charge in [-0.3, -0.25) is 9.78 Å². The molecule has 1 aliphatic heterocycles. The number of carbonyl (C=O) groups excluding carboxylic acids is 1. The number of pyridine rings is 1. The summed E-state index contributed by atoms with van der Waals surface area (Å²) >= 11 is 1.54. The fourth-order valence-electron chi connectivity index (χ4n) is 3.04. The van der Waals surface area contributed by atoms with E-state index in [1.165, 1.54) is 0 Å². The highest BCUT2D eigenvalue weighted by Gasteiger charge is 2.26. The molecule has 5 nitrogen and oxygen atoms in total. The van der Waals surface area contributed by atoms with Gasteiger partial charge < -0.3 is 10.0 Å². The average molecular weight is 331 g/mol.